The molecule has 0 fully saturated rings. The third-order valence-corrected chi connectivity index (χ3v) is 3.26. The molecule has 0 atom stereocenters. The van der Waals surface area contributed by atoms with Crippen LogP contribution in [0.5, 0.6) is 5.75 Å². The van der Waals surface area contributed by atoms with Crippen LogP contribution < -0.4 is 15.4 Å². The Labute approximate surface area is 145 Å². The molecular weight excluding hydrogens is 316 g/mol. The van der Waals surface area contributed by atoms with Gasteiger partial charge in [-0.05, 0) is 30.0 Å². The van der Waals surface area contributed by atoms with E-state index in [0.29, 0.717) is 19.1 Å². The summed E-state index contributed by atoms with van der Waals surface area (Å²) in [5.41, 5.74) is 2.25. The van der Waals surface area contributed by atoms with Crippen molar-refractivity contribution in [2.45, 2.75) is 26.7 Å². The average molecular weight is 345 g/mol. The van der Waals surface area contributed by atoms with Gasteiger partial charge in [-0.15, -0.1) is 12.4 Å². The maximum atomic E-state index is 11.8. The van der Waals surface area contributed by atoms with Crippen molar-refractivity contribution < 1.29 is 14.3 Å². The Morgan fingerprint density at radius 3 is 2.61 bits per heavy atom. The lowest BCUT2D eigenvalue weighted by atomic mass is 10.0. The van der Waals surface area contributed by atoms with Crippen molar-refractivity contribution in [3.63, 3.8) is 0 Å². The number of benzene rings is 1. The van der Waals surface area contributed by atoms with E-state index in [4.69, 9.17) is 9.47 Å². The summed E-state index contributed by atoms with van der Waals surface area (Å²) in [4.78, 5) is 11.8. The number of hydrogen-bond donors (Lipinski definition) is 2. The summed E-state index contributed by atoms with van der Waals surface area (Å²) < 4.78 is 10.6. The second kappa shape index (κ2) is 12.2. The average Bonchev–Trinajstić information content (AvgIpc) is 2.48. The quantitative estimate of drug-likeness (QED) is 0.639. The molecule has 0 aliphatic rings. The van der Waals surface area contributed by atoms with E-state index in [1.807, 2.05) is 13.0 Å². The molecule has 132 valence electrons. The minimum absolute atomic E-state index is 0. The zero-order valence-electron chi connectivity index (χ0n) is 14.5. The molecule has 2 N–H and O–H groups in total. The number of nitrogens with one attached hydrogen (secondary N) is 2. The van der Waals surface area contributed by atoms with E-state index in [-0.39, 0.29) is 24.9 Å². The number of ether oxygens (including phenoxy) is 2. The summed E-state index contributed by atoms with van der Waals surface area (Å²) >= 11 is 0. The van der Waals surface area contributed by atoms with Crippen molar-refractivity contribution in [1.82, 2.24) is 10.6 Å². The highest BCUT2D eigenvalue weighted by Crippen LogP contribution is 2.27. The molecule has 1 amide bonds. The number of methoxy groups -OCH3 is 1. The molecule has 1 rings (SSSR count). The van der Waals surface area contributed by atoms with Gasteiger partial charge in [0.2, 0.25) is 0 Å². The van der Waals surface area contributed by atoms with E-state index in [0.717, 1.165) is 30.0 Å². The van der Waals surface area contributed by atoms with Crippen molar-refractivity contribution in [2.24, 2.45) is 0 Å². The Bertz CT molecular complexity index is 467. The summed E-state index contributed by atoms with van der Waals surface area (Å²) in [6.45, 7) is 9.04. The lowest BCUT2D eigenvalue weighted by Gasteiger charge is -2.15. The van der Waals surface area contributed by atoms with Crippen LogP contribution in [0.3, 0.4) is 0 Å². The third kappa shape index (κ3) is 8.79. The fourth-order valence-corrected chi connectivity index (χ4v) is 2.03. The molecule has 0 saturated carbocycles. The molecule has 1 aromatic rings. The maximum absolute atomic E-state index is 11.8. The molecule has 6 heteroatoms. The van der Waals surface area contributed by atoms with E-state index in [9.17, 15) is 4.79 Å². The molecule has 0 unspecified atom stereocenters. The standard InChI is InChI=1S/C17H28N2O3.ClH/c1-13(2)15-6-5-14(3)11-16(15)22-12-17(20)19-8-7-18-9-10-21-4;/h5-6,11,13,18H,7-10,12H2,1-4H3,(H,19,20);1H. The van der Waals surface area contributed by atoms with E-state index in [1.54, 1.807) is 7.11 Å². The van der Waals surface area contributed by atoms with Crippen LogP contribution in [-0.2, 0) is 9.53 Å². The topological polar surface area (TPSA) is 59.6 Å². The van der Waals surface area contributed by atoms with Gasteiger partial charge >= 0.3 is 0 Å². The number of halogens is 1. The predicted octanol–water partition coefficient (Wildman–Crippen LogP) is 2.27. The molecule has 0 spiro atoms. The van der Waals surface area contributed by atoms with Crippen LogP contribution in [-0.4, -0.2) is 45.9 Å². The number of carbonyl (C=O) groups excluding carboxylic acids is 1. The first-order chi connectivity index (χ1) is 10.5. The molecule has 0 radical (unpaired) electrons. The Morgan fingerprint density at radius 2 is 1.96 bits per heavy atom. The normalized spacial score (nSPS) is 10.3. The number of aryl methyl sites for hydroxylation is 1. The minimum atomic E-state index is -0.107. The van der Waals surface area contributed by atoms with Crippen molar-refractivity contribution in [1.29, 1.82) is 0 Å². The van der Waals surface area contributed by atoms with Crippen LogP contribution in [0.4, 0.5) is 0 Å². The van der Waals surface area contributed by atoms with Crippen LogP contribution in [0.2, 0.25) is 0 Å². The van der Waals surface area contributed by atoms with Crippen LogP contribution in [0.25, 0.3) is 0 Å². The van der Waals surface area contributed by atoms with Crippen molar-refractivity contribution >= 4 is 18.3 Å². The van der Waals surface area contributed by atoms with E-state index >= 15 is 0 Å². The molecule has 5 nitrogen and oxygen atoms in total. The molecular formula is C17H29ClN2O3. The zero-order chi connectivity index (χ0) is 16.4. The Hall–Kier alpha value is -1.30. The second-order valence-electron chi connectivity index (χ2n) is 5.58. The van der Waals surface area contributed by atoms with Crippen LogP contribution in [0.1, 0.15) is 30.9 Å². The van der Waals surface area contributed by atoms with Gasteiger partial charge < -0.3 is 20.1 Å². The van der Waals surface area contributed by atoms with Gasteiger partial charge in [0.15, 0.2) is 6.61 Å². The van der Waals surface area contributed by atoms with Crippen molar-refractivity contribution in [2.75, 3.05) is 40.0 Å². The summed E-state index contributed by atoms with van der Waals surface area (Å²) in [6.07, 6.45) is 0. The van der Waals surface area contributed by atoms with Gasteiger partial charge in [0.05, 0.1) is 6.61 Å². The highest BCUT2D eigenvalue weighted by Gasteiger charge is 2.10. The molecule has 1 aromatic carbocycles. The molecule has 0 bridgehead atoms. The van der Waals surface area contributed by atoms with E-state index in [1.165, 1.54) is 0 Å². The van der Waals surface area contributed by atoms with Crippen LogP contribution in [0.15, 0.2) is 18.2 Å². The first-order valence-corrected chi connectivity index (χ1v) is 7.74. The third-order valence-electron chi connectivity index (χ3n) is 3.26. The van der Waals surface area contributed by atoms with Crippen molar-refractivity contribution in [3.8, 4) is 5.75 Å². The highest BCUT2D eigenvalue weighted by atomic mass is 35.5. The zero-order valence-corrected chi connectivity index (χ0v) is 15.3. The van der Waals surface area contributed by atoms with Gasteiger partial charge in [0.25, 0.3) is 5.91 Å². The lowest BCUT2D eigenvalue weighted by Crippen LogP contribution is -2.35. The lowest BCUT2D eigenvalue weighted by molar-refractivity contribution is -0.123. The largest absolute Gasteiger partial charge is 0.483 e. The smallest absolute Gasteiger partial charge is 0.257 e. The summed E-state index contributed by atoms with van der Waals surface area (Å²) in [6, 6.07) is 6.11. The number of hydrogen-bond acceptors (Lipinski definition) is 4. The number of rotatable bonds is 10. The first-order valence-electron chi connectivity index (χ1n) is 7.74. The SMILES string of the molecule is COCCNCCNC(=O)COc1cc(C)ccc1C(C)C.Cl. The van der Waals surface area contributed by atoms with E-state index in [2.05, 4.69) is 36.6 Å². The number of amides is 1. The summed E-state index contributed by atoms with van der Waals surface area (Å²) in [5.74, 6) is 1.05. The maximum Gasteiger partial charge on any atom is 0.257 e. The Morgan fingerprint density at radius 1 is 1.22 bits per heavy atom. The van der Waals surface area contributed by atoms with Gasteiger partial charge in [-0.3, -0.25) is 4.79 Å². The molecule has 0 heterocycles. The predicted molar refractivity (Wildman–Crippen MR) is 95.8 cm³/mol. The fourth-order valence-electron chi connectivity index (χ4n) is 2.03. The molecule has 0 aromatic heterocycles. The van der Waals surface area contributed by atoms with Crippen LogP contribution >= 0.6 is 12.4 Å². The minimum Gasteiger partial charge on any atom is -0.483 e. The fraction of sp³-hybridized carbons (Fsp3) is 0.588. The second-order valence-corrected chi connectivity index (χ2v) is 5.58. The summed E-state index contributed by atoms with van der Waals surface area (Å²) in [5, 5.41) is 5.99. The van der Waals surface area contributed by atoms with Gasteiger partial charge in [0.1, 0.15) is 5.75 Å². The van der Waals surface area contributed by atoms with Gasteiger partial charge in [0, 0.05) is 26.7 Å². The van der Waals surface area contributed by atoms with E-state index < -0.39 is 0 Å². The monoisotopic (exact) mass is 344 g/mol. The highest BCUT2D eigenvalue weighted by molar-refractivity contribution is 5.85. The molecule has 0 saturated heterocycles. The van der Waals surface area contributed by atoms with Gasteiger partial charge in [-0.2, -0.15) is 0 Å². The van der Waals surface area contributed by atoms with Gasteiger partial charge in [-0.1, -0.05) is 26.0 Å². The summed E-state index contributed by atoms with van der Waals surface area (Å²) in [7, 11) is 1.66. The Balaban J connectivity index is 0.00000484. The molecule has 0 aliphatic carbocycles. The molecule has 23 heavy (non-hydrogen) atoms. The van der Waals surface area contributed by atoms with Crippen LogP contribution in [0, 0.1) is 6.92 Å². The molecule has 0 aliphatic heterocycles. The Kier molecular flexibility index (Phi) is 11.5. The van der Waals surface area contributed by atoms with Crippen molar-refractivity contribution in [3.05, 3.63) is 29.3 Å². The van der Waals surface area contributed by atoms with Gasteiger partial charge in [-0.25, -0.2) is 0 Å². The number of carbonyl (C=O) groups is 1. The first kappa shape index (κ1) is 21.7.